The third-order valence-electron chi connectivity index (χ3n) is 5.97. The number of carbonyl (C=O) groups is 1. The van der Waals surface area contributed by atoms with Gasteiger partial charge >= 0.3 is 5.97 Å². The first-order valence-electron chi connectivity index (χ1n) is 7.71. The van der Waals surface area contributed by atoms with Crippen LogP contribution in [0.5, 0.6) is 0 Å². The van der Waals surface area contributed by atoms with Gasteiger partial charge in [-0.05, 0) is 32.1 Å². The van der Waals surface area contributed by atoms with Gasteiger partial charge in [0.25, 0.3) is 0 Å². The number of carbonyl (C=O) groups excluding carboxylic acids is 1. The molecule has 5 aliphatic rings. The molecule has 0 N–H and O–H groups in total. The fraction of sp³-hybridized carbons (Fsp3) is 0.933. The van der Waals surface area contributed by atoms with Gasteiger partial charge in [-0.2, -0.15) is 0 Å². The van der Waals surface area contributed by atoms with Crippen molar-refractivity contribution in [3.8, 4) is 0 Å². The lowest BCUT2D eigenvalue weighted by atomic mass is 9.58. The first-order valence-corrected chi connectivity index (χ1v) is 7.71. The monoisotopic (exact) mass is 282 g/mol. The van der Waals surface area contributed by atoms with E-state index in [4.69, 9.17) is 19.2 Å². The van der Waals surface area contributed by atoms with Crippen LogP contribution in [0.4, 0.5) is 0 Å². The maximum atomic E-state index is 12.1. The van der Waals surface area contributed by atoms with E-state index >= 15 is 0 Å². The van der Waals surface area contributed by atoms with Crippen LogP contribution in [0.25, 0.3) is 0 Å². The van der Waals surface area contributed by atoms with E-state index in [-0.39, 0.29) is 17.8 Å². The Bertz CT molecular complexity index is 452. The molecular formula is C15H22O5. The van der Waals surface area contributed by atoms with Crippen molar-refractivity contribution in [1.29, 1.82) is 0 Å². The van der Waals surface area contributed by atoms with Crippen LogP contribution < -0.4 is 0 Å². The Labute approximate surface area is 118 Å². The quantitative estimate of drug-likeness (QED) is 0.504. The van der Waals surface area contributed by atoms with Gasteiger partial charge < -0.3 is 9.47 Å². The minimum atomic E-state index is -0.793. The number of hydrogen-bond acceptors (Lipinski definition) is 5. The number of rotatable bonds is 0. The van der Waals surface area contributed by atoms with Gasteiger partial charge in [0, 0.05) is 18.3 Å². The van der Waals surface area contributed by atoms with Crippen LogP contribution in [0, 0.1) is 23.7 Å². The van der Waals surface area contributed by atoms with Crippen molar-refractivity contribution in [2.45, 2.75) is 64.1 Å². The summed E-state index contributed by atoms with van der Waals surface area (Å²) in [5.41, 5.74) is -0.610. The first kappa shape index (κ1) is 13.0. The molecule has 0 amide bonds. The molecule has 4 saturated heterocycles. The van der Waals surface area contributed by atoms with Crippen LogP contribution >= 0.6 is 0 Å². The second-order valence-electron chi connectivity index (χ2n) is 7.14. The Morgan fingerprint density at radius 2 is 1.90 bits per heavy atom. The molecular weight excluding hydrogens is 260 g/mol. The highest BCUT2D eigenvalue weighted by Crippen LogP contribution is 2.59. The molecule has 5 fully saturated rings. The highest BCUT2D eigenvalue weighted by Gasteiger charge is 2.69. The molecule has 2 bridgehead atoms. The summed E-state index contributed by atoms with van der Waals surface area (Å²) >= 11 is 0. The Balaban J connectivity index is 1.84. The van der Waals surface area contributed by atoms with Crippen LogP contribution in [0.1, 0.15) is 46.5 Å². The van der Waals surface area contributed by atoms with E-state index < -0.39 is 17.7 Å². The summed E-state index contributed by atoms with van der Waals surface area (Å²) < 4.78 is 11.6. The van der Waals surface area contributed by atoms with Crippen molar-refractivity contribution >= 4 is 5.97 Å². The van der Waals surface area contributed by atoms with Crippen molar-refractivity contribution in [2.24, 2.45) is 23.7 Å². The molecule has 0 aromatic heterocycles. The van der Waals surface area contributed by atoms with Gasteiger partial charge in [0.2, 0.25) is 12.1 Å². The fourth-order valence-electron chi connectivity index (χ4n) is 4.76. The zero-order chi connectivity index (χ0) is 14.1. The van der Waals surface area contributed by atoms with E-state index in [1.165, 1.54) is 0 Å². The molecule has 1 aliphatic carbocycles. The van der Waals surface area contributed by atoms with E-state index in [2.05, 4.69) is 6.92 Å². The Hall–Kier alpha value is -0.650. The molecule has 20 heavy (non-hydrogen) atoms. The number of ether oxygens (including phenoxy) is 2. The molecule has 4 heterocycles. The largest absolute Gasteiger partial charge is 0.432 e. The highest BCUT2D eigenvalue weighted by molar-refractivity contribution is 5.74. The number of fused-ring (bicyclic) bond motifs is 2. The Morgan fingerprint density at radius 1 is 1.10 bits per heavy atom. The average Bonchev–Trinajstić information content (AvgIpc) is 2.63. The maximum absolute atomic E-state index is 12.1. The van der Waals surface area contributed by atoms with Crippen molar-refractivity contribution in [1.82, 2.24) is 0 Å². The minimum absolute atomic E-state index is 0.123. The van der Waals surface area contributed by atoms with Gasteiger partial charge in [-0.1, -0.05) is 13.8 Å². The summed E-state index contributed by atoms with van der Waals surface area (Å²) in [5, 5.41) is 0. The lowest BCUT2D eigenvalue weighted by Crippen LogP contribution is -2.69. The van der Waals surface area contributed by atoms with Crippen molar-refractivity contribution < 1.29 is 24.0 Å². The second kappa shape index (κ2) is 3.96. The van der Waals surface area contributed by atoms with Crippen molar-refractivity contribution in [2.75, 3.05) is 0 Å². The highest BCUT2D eigenvalue weighted by atomic mass is 17.3. The van der Waals surface area contributed by atoms with Gasteiger partial charge in [0.15, 0.2) is 5.60 Å². The van der Waals surface area contributed by atoms with Gasteiger partial charge in [-0.3, -0.25) is 4.79 Å². The topological polar surface area (TPSA) is 54.0 Å². The summed E-state index contributed by atoms with van der Waals surface area (Å²) in [6.45, 7) is 6.06. The molecule has 1 saturated carbocycles. The molecule has 0 unspecified atom stereocenters. The molecule has 0 aromatic carbocycles. The average molecular weight is 282 g/mol. The lowest BCUT2D eigenvalue weighted by Gasteiger charge is -2.57. The zero-order valence-corrected chi connectivity index (χ0v) is 12.3. The first-order chi connectivity index (χ1) is 9.46. The molecule has 5 heteroatoms. The Morgan fingerprint density at radius 3 is 2.70 bits per heavy atom. The number of hydrogen-bond donors (Lipinski definition) is 0. The molecule has 5 nitrogen and oxygen atoms in total. The molecule has 0 radical (unpaired) electrons. The molecule has 4 aliphatic heterocycles. The smallest absolute Gasteiger partial charge is 0.311 e. The van der Waals surface area contributed by atoms with Crippen LogP contribution in [-0.2, 0) is 24.0 Å². The predicted octanol–water partition coefficient (Wildman–Crippen LogP) is 2.39. The van der Waals surface area contributed by atoms with E-state index in [0.717, 1.165) is 25.7 Å². The van der Waals surface area contributed by atoms with Crippen LogP contribution in [0.15, 0.2) is 0 Å². The fourth-order valence-corrected chi connectivity index (χ4v) is 4.76. The van der Waals surface area contributed by atoms with E-state index in [1.54, 1.807) is 0 Å². The van der Waals surface area contributed by atoms with Gasteiger partial charge in [0.05, 0.1) is 5.92 Å². The van der Waals surface area contributed by atoms with Gasteiger partial charge in [0.1, 0.15) is 0 Å². The van der Waals surface area contributed by atoms with Gasteiger partial charge in [-0.15, -0.1) is 0 Å². The molecule has 5 rings (SSSR count). The SMILES string of the molecule is C[C@@H]1CC[C@H]2[C@H](C)C(=O)O[C@H]3O[C@@]4(C)CC[C@@H]1[C@]32OO4. The molecule has 112 valence electrons. The second-order valence-corrected chi connectivity index (χ2v) is 7.14. The van der Waals surface area contributed by atoms with E-state index in [9.17, 15) is 4.79 Å². The summed E-state index contributed by atoms with van der Waals surface area (Å²) in [7, 11) is 0. The van der Waals surface area contributed by atoms with Gasteiger partial charge in [-0.25, -0.2) is 9.78 Å². The summed E-state index contributed by atoms with van der Waals surface area (Å²) in [6.07, 6.45) is 3.24. The predicted molar refractivity (Wildman–Crippen MR) is 68.0 cm³/mol. The maximum Gasteiger partial charge on any atom is 0.311 e. The lowest BCUT2D eigenvalue weighted by molar-refractivity contribution is -0.559. The van der Waals surface area contributed by atoms with Crippen LogP contribution in [-0.4, -0.2) is 23.6 Å². The Kier molecular flexibility index (Phi) is 2.58. The summed E-state index contributed by atoms with van der Waals surface area (Å²) in [5.74, 6) is -0.137. The van der Waals surface area contributed by atoms with E-state index in [1.807, 2.05) is 13.8 Å². The summed E-state index contributed by atoms with van der Waals surface area (Å²) in [4.78, 5) is 23.7. The van der Waals surface area contributed by atoms with Crippen LogP contribution in [0.3, 0.4) is 0 Å². The standard InChI is InChI=1S/C15H22O5/c1-8-4-5-11-9(2)12(16)17-13-15(11)10(8)6-7-14(3,18-13)19-20-15/h8-11,13H,4-7H2,1-3H3/t8-,9+,10+,11+,13+,14-,15-/m1/s1. The molecule has 0 aromatic rings. The van der Waals surface area contributed by atoms with Crippen molar-refractivity contribution in [3.05, 3.63) is 0 Å². The zero-order valence-electron chi connectivity index (χ0n) is 12.3. The third-order valence-corrected chi connectivity index (χ3v) is 5.97. The third kappa shape index (κ3) is 1.46. The molecule has 7 atom stereocenters. The van der Waals surface area contributed by atoms with Crippen LogP contribution in [0.2, 0.25) is 0 Å². The summed E-state index contributed by atoms with van der Waals surface area (Å²) in [6, 6.07) is 0. The molecule has 1 spiro atoms. The minimum Gasteiger partial charge on any atom is -0.432 e. The normalized spacial score (nSPS) is 57.8. The van der Waals surface area contributed by atoms with Crippen molar-refractivity contribution in [3.63, 3.8) is 0 Å². The number of esters is 1. The van der Waals surface area contributed by atoms with E-state index in [0.29, 0.717) is 11.8 Å².